The fourth-order valence-corrected chi connectivity index (χ4v) is 1.38. The lowest BCUT2D eigenvalue weighted by Crippen LogP contribution is -2.35. The minimum atomic E-state index is -4.10. The smallest absolute Gasteiger partial charge is 0.312 e. The predicted molar refractivity (Wildman–Crippen MR) is 49.1 cm³/mol. The number of alkyl halides is 3. The highest BCUT2D eigenvalue weighted by molar-refractivity contribution is 5.01. The van der Waals surface area contributed by atoms with Crippen LogP contribution in [0.1, 0.15) is 20.3 Å². The summed E-state index contributed by atoms with van der Waals surface area (Å²) < 4.78 is 35.1. The summed E-state index contributed by atoms with van der Waals surface area (Å²) in [5.41, 5.74) is 0.337. The summed E-state index contributed by atoms with van der Waals surface area (Å²) in [6.45, 7) is 4.36. The van der Waals surface area contributed by atoms with Gasteiger partial charge in [-0.05, 0) is 11.8 Å². The standard InChI is InChI=1S/C9H17F3N2/c1-8(2)5-7(8)14-4-3-13-6-9(10,11)12/h7,13-14H,3-6H2,1-2H3. The highest BCUT2D eigenvalue weighted by Gasteiger charge is 2.44. The molecule has 0 heterocycles. The molecule has 1 aliphatic carbocycles. The van der Waals surface area contributed by atoms with Gasteiger partial charge in [0, 0.05) is 19.1 Å². The van der Waals surface area contributed by atoms with Gasteiger partial charge in [0.25, 0.3) is 0 Å². The largest absolute Gasteiger partial charge is 0.401 e. The van der Waals surface area contributed by atoms with E-state index in [2.05, 4.69) is 24.5 Å². The second-order valence-corrected chi connectivity index (χ2v) is 4.49. The molecule has 1 rings (SSSR count). The summed E-state index contributed by atoms with van der Waals surface area (Å²) in [5.74, 6) is 0. The highest BCUT2D eigenvalue weighted by Crippen LogP contribution is 2.44. The lowest BCUT2D eigenvalue weighted by atomic mass is 10.2. The quantitative estimate of drug-likeness (QED) is 0.672. The molecule has 0 aromatic rings. The molecule has 14 heavy (non-hydrogen) atoms. The lowest BCUT2D eigenvalue weighted by molar-refractivity contribution is -0.124. The van der Waals surface area contributed by atoms with Crippen LogP contribution in [0.5, 0.6) is 0 Å². The first kappa shape index (κ1) is 11.8. The van der Waals surface area contributed by atoms with Gasteiger partial charge < -0.3 is 10.6 Å². The summed E-state index contributed by atoms with van der Waals surface area (Å²) in [7, 11) is 0. The van der Waals surface area contributed by atoms with E-state index in [0.29, 0.717) is 24.5 Å². The van der Waals surface area contributed by atoms with E-state index in [1.807, 2.05) is 0 Å². The van der Waals surface area contributed by atoms with Gasteiger partial charge in [0.1, 0.15) is 0 Å². The van der Waals surface area contributed by atoms with Crippen molar-refractivity contribution in [3.8, 4) is 0 Å². The Hall–Kier alpha value is -0.290. The van der Waals surface area contributed by atoms with Gasteiger partial charge in [0.15, 0.2) is 0 Å². The van der Waals surface area contributed by atoms with Gasteiger partial charge in [-0.3, -0.25) is 0 Å². The molecule has 1 atom stereocenters. The van der Waals surface area contributed by atoms with Crippen LogP contribution in [0.25, 0.3) is 0 Å². The van der Waals surface area contributed by atoms with Crippen molar-refractivity contribution in [1.82, 2.24) is 10.6 Å². The monoisotopic (exact) mass is 210 g/mol. The van der Waals surface area contributed by atoms with Crippen molar-refractivity contribution in [2.24, 2.45) is 5.41 Å². The number of hydrogen-bond donors (Lipinski definition) is 2. The van der Waals surface area contributed by atoms with Crippen LogP contribution in [0.3, 0.4) is 0 Å². The molecule has 0 saturated heterocycles. The Kier molecular flexibility index (Phi) is 3.42. The van der Waals surface area contributed by atoms with Crippen molar-refractivity contribution < 1.29 is 13.2 Å². The van der Waals surface area contributed by atoms with Crippen LogP contribution < -0.4 is 10.6 Å². The van der Waals surface area contributed by atoms with E-state index >= 15 is 0 Å². The van der Waals surface area contributed by atoms with E-state index < -0.39 is 12.7 Å². The van der Waals surface area contributed by atoms with Gasteiger partial charge in [0.05, 0.1) is 6.54 Å². The van der Waals surface area contributed by atoms with Crippen LogP contribution in [0, 0.1) is 5.41 Å². The molecule has 2 nitrogen and oxygen atoms in total. The van der Waals surface area contributed by atoms with E-state index in [1.54, 1.807) is 0 Å². The maximum atomic E-state index is 11.7. The van der Waals surface area contributed by atoms with Crippen molar-refractivity contribution in [2.45, 2.75) is 32.5 Å². The third-order valence-electron chi connectivity index (χ3n) is 2.53. The maximum absolute atomic E-state index is 11.7. The molecule has 2 N–H and O–H groups in total. The fraction of sp³-hybridized carbons (Fsp3) is 1.00. The van der Waals surface area contributed by atoms with Crippen molar-refractivity contribution in [1.29, 1.82) is 0 Å². The molecule has 1 aliphatic rings. The molecule has 0 spiro atoms. The summed E-state index contributed by atoms with van der Waals surface area (Å²) in [6, 6.07) is 0.482. The fourth-order valence-electron chi connectivity index (χ4n) is 1.38. The maximum Gasteiger partial charge on any atom is 0.401 e. The number of hydrogen-bond acceptors (Lipinski definition) is 2. The van der Waals surface area contributed by atoms with E-state index in [-0.39, 0.29) is 0 Å². The molecular formula is C9H17F3N2. The van der Waals surface area contributed by atoms with E-state index in [1.165, 1.54) is 0 Å². The van der Waals surface area contributed by atoms with E-state index in [9.17, 15) is 13.2 Å². The first-order valence-corrected chi connectivity index (χ1v) is 4.82. The van der Waals surface area contributed by atoms with Crippen LogP contribution in [0.2, 0.25) is 0 Å². The van der Waals surface area contributed by atoms with Crippen LogP contribution in [0.15, 0.2) is 0 Å². The van der Waals surface area contributed by atoms with Crippen molar-refractivity contribution in [3.63, 3.8) is 0 Å². The van der Waals surface area contributed by atoms with Crippen molar-refractivity contribution >= 4 is 0 Å². The zero-order chi connectivity index (χ0) is 10.8. The average Bonchev–Trinajstić information content (AvgIpc) is 2.56. The normalized spacial score (nSPS) is 25.1. The van der Waals surface area contributed by atoms with E-state index in [4.69, 9.17) is 0 Å². The lowest BCUT2D eigenvalue weighted by Gasteiger charge is -2.09. The predicted octanol–water partition coefficient (Wildman–Crippen LogP) is 1.53. The molecule has 84 valence electrons. The molecule has 1 saturated carbocycles. The van der Waals surface area contributed by atoms with Crippen LogP contribution in [-0.4, -0.2) is 31.9 Å². The highest BCUT2D eigenvalue weighted by atomic mass is 19.4. The Bertz CT molecular complexity index is 189. The second-order valence-electron chi connectivity index (χ2n) is 4.49. The molecule has 0 radical (unpaired) electrons. The second kappa shape index (κ2) is 4.06. The first-order chi connectivity index (χ1) is 6.31. The summed E-state index contributed by atoms with van der Waals surface area (Å²) in [5, 5.41) is 5.55. The first-order valence-electron chi connectivity index (χ1n) is 4.82. The summed E-state index contributed by atoms with van der Waals surface area (Å²) in [4.78, 5) is 0. The van der Waals surface area contributed by atoms with Gasteiger partial charge in [-0.1, -0.05) is 13.8 Å². The minimum absolute atomic E-state index is 0.337. The van der Waals surface area contributed by atoms with Gasteiger partial charge in [0.2, 0.25) is 0 Å². The molecule has 5 heteroatoms. The molecule has 0 bridgehead atoms. The Morgan fingerprint density at radius 3 is 2.29 bits per heavy atom. The Morgan fingerprint density at radius 1 is 1.29 bits per heavy atom. The molecule has 1 fully saturated rings. The molecule has 0 aromatic heterocycles. The van der Waals surface area contributed by atoms with Crippen molar-refractivity contribution in [2.75, 3.05) is 19.6 Å². The molecular weight excluding hydrogens is 193 g/mol. The van der Waals surface area contributed by atoms with Crippen LogP contribution >= 0.6 is 0 Å². The molecule has 0 aromatic carbocycles. The number of rotatable bonds is 5. The zero-order valence-corrected chi connectivity index (χ0v) is 8.54. The molecule has 0 aliphatic heterocycles. The van der Waals surface area contributed by atoms with Gasteiger partial charge in [-0.15, -0.1) is 0 Å². The topological polar surface area (TPSA) is 24.1 Å². The van der Waals surface area contributed by atoms with Gasteiger partial charge >= 0.3 is 6.18 Å². The van der Waals surface area contributed by atoms with Crippen LogP contribution in [0.4, 0.5) is 13.2 Å². The zero-order valence-electron chi connectivity index (χ0n) is 8.54. The third kappa shape index (κ3) is 4.28. The molecule has 1 unspecified atom stereocenters. The van der Waals surface area contributed by atoms with Gasteiger partial charge in [-0.2, -0.15) is 13.2 Å². The Balaban J connectivity index is 1.91. The Morgan fingerprint density at radius 2 is 1.86 bits per heavy atom. The van der Waals surface area contributed by atoms with Gasteiger partial charge in [-0.25, -0.2) is 0 Å². The SMILES string of the molecule is CC1(C)CC1NCCNCC(F)(F)F. The van der Waals surface area contributed by atoms with E-state index in [0.717, 1.165) is 6.42 Å². The average molecular weight is 210 g/mol. The van der Waals surface area contributed by atoms with Crippen LogP contribution in [-0.2, 0) is 0 Å². The Labute approximate surface area is 82.2 Å². The summed E-state index contributed by atoms with van der Waals surface area (Å²) in [6.07, 6.45) is -2.98. The summed E-state index contributed by atoms with van der Waals surface area (Å²) >= 11 is 0. The molecule has 0 amide bonds. The number of halogens is 3. The van der Waals surface area contributed by atoms with Crippen molar-refractivity contribution in [3.05, 3.63) is 0 Å². The minimum Gasteiger partial charge on any atom is -0.312 e. The third-order valence-corrected chi connectivity index (χ3v) is 2.53. The number of nitrogens with one attached hydrogen (secondary N) is 2.